The molecule has 5 heteroatoms. The van der Waals surface area contributed by atoms with E-state index in [4.69, 9.17) is 16.3 Å². The largest absolute Gasteiger partial charge is 0.493 e. The summed E-state index contributed by atoms with van der Waals surface area (Å²) in [6.07, 6.45) is -0.562. The van der Waals surface area contributed by atoms with Crippen LogP contribution < -0.4 is 10.1 Å². The molecule has 0 aliphatic carbocycles. The van der Waals surface area contributed by atoms with Crippen molar-refractivity contribution in [1.82, 2.24) is 5.32 Å². The van der Waals surface area contributed by atoms with E-state index >= 15 is 0 Å². The Bertz CT molecular complexity index is 889. The number of hydrogen-bond acceptors (Lipinski definition) is 4. The fourth-order valence-electron chi connectivity index (χ4n) is 3.11. The van der Waals surface area contributed by atoms with Gasteiger partial charge in [-0.3, -0.25) is 0 Å². The van der Waals surface area contributed by atoms with E-state index in [0.717, 1.165) is 23.6 Å². The summed E-state index contributed by atoms with van der Waals surface area (Å²) in [6, 6.07) is 26.0. The number of nitrogens with one attached hydrogen (secondary N) is 1. The molecule has 0 spiro atoms. The second kappa shape index (κ2) is 12.0. The van der Waals surface area contributed by atoms with E-state index in [1.807, 2.05) is 48.5 Å². The van der Waals surface area contributed by atoms with Gasteiger partial charge in [0.15, 0.2) is 0 Å². The van der Waals surface area contributed by atoms with E-state index in [-0.39, 0.29) is 0 Å². The number of para-hydroxylation sites is 1. The highest BCUT2D eigenvalue weighted by Crippen LogP contribution is 2.22. The molecule has 0 bridgehead atoms. The van der Waals surface area contributed by atoms with E-state index in [1.165, 1.54) is 10.5 Å². The van der Waals surface area contributed by atoms with Crippen molar-refractivity contribution >= 4 is 23.4 Å². The van der Waals surface area contributed by atoms with E-state index in [1.54, 1.807) is 17.8 Å². The first kappa shape index (κ1) is 22.7. The molecule has 0 saturated carbocycles. The number of hydrogen-bond donors (Lipinski definition) is 2. The maximum absolute atomic E-state index is 10.3. The number of rotatable bonds is 11. The number of aliphatic hydroxyl groups excluding tert-OH is 1. The monoisotopic (exact) mass is 441 g/mol. The van der Waals surface area contributed by atoms with Crippen LogP contribution in [0, 0.1) is 0 Å². The average molecular weight is 442 g/mol. The maximum Gasteiger partial charge on any atom is 0.119 e. The summed E-state index contributed by atoms with van der Waals surface area (Å²) < 4.78 is 5.73. The van der Waals surface area contributed by atoms with Gasteiger partial charge in [0.05, 0.1) is 12.7 Å². The molecule has 158 valence electrons. The predicted octanol–water partition coefficient (Wildman–Crippen LogP) is 5.94. The molecule has 30 heavy (non-hydrogen) atoms. The van der Waals surface area contributed by atoms with Crippen molar-refractivity contribution in [2.45, 2.75) is 23.8 Å². The maximum atomic E-state index is 10.3. The lowest BCUT2D eigenvalue weighted by Gasteiger charge is -2.16. The fourth-order valence-corrected chi connectivity index (χ4v) is 4.04. The molecule has 3 aromatic rings. The zero-order valence-electron chi connectivity index (χ0n) is 17.1. The molecule has 0 fully saturated rings. The van der Waals surface area contributed by atoms with Crippen LogP contribution in [0.15, 0.2) is 83.8 Å². The van der Waals surface area contributed by atoms with Crippen molar-refractivity contribution in [3.8, 4) is 5.75 Å². The molecular weight excluding hydrogens is 414 g/mol. The summed E-state index contributed by atoms with van der Waals surface area (Å²) in [7, 11) is 0. The van der Waals surface area contributed by atoms with Gasteiger partial charge in [-0.1, -0.05) is 61.0 Å². The lowest BCUT2D eigenvalue weighted by molar-refractivity contribution is 0.174. The second-order valence-electron chi connectivity index (χ2n) is 7.21. The molecule has 0 aliphatic rings. The predicted molar refractivity (Wildman–Crippen MR) is 127 cm³/mol. The van der Waals surface area contributed by atoms with Crippen molar-refractivity contribution in [1.29, 1.82) is 0 Å². The van der Waals surface area contributed by atoms with Crippen LogP contribution >= 0.6 is 23.4 Å². The van der Waals surface area contributed by atoms with Crippen molar-refractivity contribution in [2.24, 2.45) is 0 Å². The van der Waals surface area contributed by atoms with Crippen LogP contribution in [0.4, 0.5) is 0 Å². The molecular formula is C25H28ClNO2S. The van der Waals surface area contributed by atoms with Gasteiger partial charge in [0.1, 0.15) is 5.75 Å². The van der Waals surface area contributed by atoms with Gasteiger partial charge in [0, 0.05) is 28.8 Å². The number of benzene rings is 3. The third-order valence-electron chi connectivity index (χ3n) is 4.83. The first-order valence-electron chi connectivity index (χ1n) is 10.2. The summed E-state index contributed by atoms with van der Waals surface area (Å²) in [4.78, 5) is 1.24. The average Bonchev–Trinajstić information content (AvgIpc) is 2.77. The molecule has 0 saturated heterocycles. The zero-order valence-corrected chi connectivity index (χ0v) is 18.7. The second-order valence-corrected chi connectivity index (χ2v) is 8.81. The van der Waals surface area contributed by atoms with Crippen molar-refractivity contribution < 1.29 is 9.84 Å². The van der Waals surface area contributed by atoms with Gasteiger partial charge in [-0.15, -0.1) is 11.8 Å². The van der Waals surface area contributed by atoms with E-state index in [2.05, 4.69) is 36.5 Å². The molecule has 3 aromatic carbocycles. The van der Waals surface area contributed by atoms with Crippen LogP contribution in [0.5, 0.6) is 5.75 Å². The van der Waals surface area contributed by atoms with Gasteiger partial charge in [-0.25, -0.2) is 0 Å². The highest BCUT2D eigenvalue weighted by molar-refractivity contribution is 7.99. The number of ether oxygens (including phenoxy) is 1. The number of halogens is 1. The van der Waals surface area contributed by atoms with Crippen LogP contribution in [0.1, 0.15) is 30.1 Å². The third-order valence-corrected chi connectivity index (χ3v) is 6.05. The normalized spacial score (nSPS) is 13.0. The number of thioether (sulfide) groups is 1. The highest BCUT2D eigenvalue weighted by atomic mass is 35.5. The minimum Gasteiger partial charge on any atom is -0.493 e. The minimum absolute atomic E-state index is 0.358. The molecule has 2 atom stereocenters. The number of aliphatic hydroxyl groups is 1. The Hall–Kier alpha value is -1.98. The molecule has 3 rings (SSSR count). The van der Waals surface area contributed by atoms with Crippen LogP contribution in [-0.2, 0) is 0 Å². The standard InChI is InChI=1S/C25H28ClNO2S/c1-19(17-27-18-25(28)21-6-5-7-22(26)16-21)20-10-12-24(13-11-20)30-15-14-29-23-8-3-2-4-9-23/h2-13,16,19,25,27-28H,14-15,17-18H2,1H3. The van der Waals surface area contributed by atoms with E-state index < -0.39 is 6.10 Å². The van der Waals surface area contributed by atoms with Crippen LogP contribution in [0.2, 0.25) is 5.02 Å². The first-order chi connectivity index (χ1) is 14.6. The first-order valence-corrected chi connectivity index (χ1v) is 11.5. The summed E-state index contributed by atoms with van der Waals surface area (Å²) in [5.74, 6) is 2.18. The quantitative estimate of drug-likeness (QED) is 0.285. The molecule has 2 N–H and O–H groups in total. The molecule has 3 nitrogen and oxygen atoms in total. The summed E-state index contributed by atoms with van der Waals surface area (Å²) >= 11 is 7.79. The Morgan fingerprint density at radius 1 is 0.933 bits per heavy atom. The van der Waals surface area contributed by atoms with E-state index in [0.29, 0.717) is 24.1 Å². The van der Waals surface area contributed by atoms with Gasteiger partial charge in [-0.2, -0.15) is 0 Å². The summed E-state index contributed by atoms with van der Waals surface area (Å²) in [5.41, 5.74) is 2.12. The van der Waals surface area contributed by atoms with Gasteiger partial charge < -0.3 is 15.2 Å². The fraction of sp³-hybridized carbons (Fsp3) is 0.280. The van der Waals surface area contributed by atoms with E-state index in [9.17, 15) is 5.11 Å². The molecule has 0 aromatic heterocycles. The van der Waals surface area contributed by atoms with Crippen LogP contribution in [-0.4, -0.2) is 30.6 Å². The van der Waals surface area contributed by atoms with Crippen LogP contribution in [0.25, 0.3) is 0 Å². The van der Waals surface area contributed by atoms with Gasteiger partial charge in [-0.05, 0) is 53.4 Å². The zero-order chi connectivity index (χ0) is 21.2. The van der Waals surface area contributed by atoms with Gasteiger partial charge in [0.25, 0.3) is 0 Å². The van der Waals surface area contributed by atoms with Crippen LogP contribution in [0.3, 0.4) is 0 Å². The SMILES string of the molecule is CC(CNCC(O)c1cccc(Cl)c1)c1ccc(SCCOc2ccccc2)cc1. The molecule has 0 aliphatic heterocycles. The lowest BCUT2D eigenvalue weighted by atomic mass is 10.0. The molecule has 0 radical (unpaired) electrons. The topological polar surface area (TPSA) is 41.5 Å². The minimum atomic E-state index is -0.562. The van der Waals surface area contributed by atoms with Crippen molar-refractivity contribution in [3.63, 3.8) is 0 Å². The Balaban J connectivity index is 1.37. The van der Waals surface area contributed by atoms with Crippen molar-refractivity contribution in [3.05, 3.63) is 95.0 Å². The smallest absolute Gasteiger partial charge is 0.119 e. The Morgan fingerprint density at radius 2 is 1.70 bits per heavy atom. The highest BCUT2D eigenvalue weighted by Gasteiger charge is 2.10. The Labute approximate surface area is 188 Å². The Morgan fingerprint density at radius 3 is 2.43 bits per heavy atom. The third kappa shape index (κ3) is 7.37. The lowest BCUT2D eigenvalue weighted by Crippen LogP contribution is -2.25. The van der Waals surface area contributed by atoms with Crippen molar-refractivity contribution in [2.75, 3.05) is 25.4 Å². The summed E-state index contributed by atoms with van der Waals surface area (Å²) in [6.45, 7) is 4.18. The molecule has 0 amide bonds. The van der Waals surface area contributed by atoms with Gasteiger partial charge >= 0.3 is 0 Å². The molecule has 2 unspecified atom stereocenters. The summed E-state index contributed by atoms with van der Waals surface area (Å²) in [5, 5.41) is 14.3. The molecule has 0 heterocycles. The van der Waals surface area contributed by atoms with Gasteiger partial charge in [0.2, 0.25) is 0 Å². The Kier molecular flexibility index (Phi) is 9.09.